The Morgan fingerprint density at radius 1 is 1.18 bits per heavy atom. The van der Waals surface area contributed by atoms with Gasteiger partial charge in [-0.25, -0.2) is 9.18 Å². The van der Waals surface area contributed by atoms with Gasteiger partial charge >= 0.3 is 6.03 Å². The van der Waals surface area contributed by atoms with Gasteiger partial charge in [-0.1, -0.05) is 35.9 Å². The van der Waals surface area contributed by atoms with Crippen LogP contribution in [-0.2, 0) is 16.2 Å². The van der Waals surface area contributed by atoms with Crippen LogP contribution in [0.2, 0.25) is 5.02 Å². The van der Waals surface area contributed by atoms with E-state index in [1.807, 2.05) is 24.3 Å². The van der Waals surface area contributed by atoms with Crippen LogP contribution in [0.3, 0.4) is 0 Å². The van der Waals surface area contributed by atoms with Crippen molar-refractivity contribution >= 4 is 46.7 Å². The minimum atomic E-state index is -1.26. The van der Waals surface area contributed by atoms with Gasteiger partial charge in [0.2, 0.25) is 0 Å². The maximum Gasteiger partial charge on any atom is 0.323 e. The molecule has 3 aromatic rings. The molecule has 3 aromatic carbocycles. The summed E-state index contributed by atoms with van der Waals surface area (Å²) in [6.45, 7) is 0.619. The molecule has 0 unspecified atom stereocenters. The number of carbonyl (C=O) groups excluding carboxylic acids is 2. The Hall–Kier alpha value is -3.23. The van der Waals surface area contributed by atoms with E-state index in [4.69, 9.17) is 16.3 Å². The van der Waals surface area contributed by atoms with Crippen molar-refractivity contribution in [1.82, 2.24) is 4.90 Å². The number of fused-ring (bicyclic) bond motifs is 2. The van der Waals surface area contributed by atoms with Crippen LogP contribution in [-0.4, -0.2) is 36.2 Å². The van der Waals surface area contributed by atoms with E-state index in [1.165, 1.54) is 34.9 Å². The number of hydrogen-bond acceptors (Lipinski definition) is 4. The summed E-state index contributed by atoms with van der Waals surface area (Å²) in [6.07, 6.45) is 0. The minimum absolute atomic E-state index is 0.229. The monoisotopic (exact) mass is 497 g/mol. The molecular weight excluding hydrogens is 477 g/mol. The highest BCUT2D eigenvalue weighted by Gasteiger charge is 2.59. The van der Waals surface area contributed by atoms with Crippen molar-refractivity contribution in [3.05, 3.63) is 88.7 Å². The first-order valence-corrected chi connectivity index (χ1v) is 12.0. The van der Waals surface area contributed by atoms with Crippen LogP contribution in [0.15, 0.2) is 66.7 Å². The number of benzene rings is 3. The molecule has 2 aliphatic rings. The summed E-state index contributed by atoms with van der Waals surface area (Å²) >= 11 is 7.79. The molecule has 0 aromatic heterocycles. The van der Waals surface area contributed by atoms with Crippen LogP contribution in [0.4, 0.5) is 20.6 Å². The van der Waals surface area contributed by atoms with Gasteiger partial charge in [-0.05, 0) is 48.0 Å². The molecule has 0 bridgehead atoms. The molecule has 1 fully saturated rings. The number of nitrogens with one attached hydrogen (secondary N) is 1. The third-order valence-electron chi connectivity index (χ3n) is 6.01. The van der Waals surface area contributed by atoms with Gasteiger partial charge in [0.15, 0.2) is 4.87 Å². The van der Waals surface area contributed by atoms with Crippen LogP contribution < -0.4 is 15.0 Å². The molecule has 0 saturated carbocycles. The summed E-state index contributed by atoms with van der Waals surface area (Å²) in [4.78, 5) is 29.4. The number of methoxy groups -OCH3 is 1. The van der Waals surface area contributed by atoms with Gasteiger partial charge in [-0.2, -0.15) is 0 Å². The Morgan fingerprint density at radius 3 is 2.76 bits per heavy atom. The lowest BCUT2D eigenvalue weighted by atomic mass is 10.1. The standard InChI is InChI=1S/C25H21ClFN3O3S/c1-33-19-9-10-22-20(14-19)25(23(31)29(22)15-16-5-2-3-8-21(16)26)30(11-12-34-25)24(32)28-18-7-4-6-17(27)13-18/h2-10,13-14H,11-12,15H2,1H3,(H,28,32)/t25-/m1/s1. The van der Waals surface area contributed by atoms with E-state index in [0.29, 0.717) is 40.0 Å². The SMILES string of the molecule is COc1ccc2c(c1)[C@@]1(SCCN1C(=O)Nc1cccc(F)c1)C(=O)N2Cc1ccccc1Cl. The molecule has 1 saturated heterocycles. The summed E-state index contributed by atoms with van der Waals surface area (Å²) in [5.41, 5.74) is 2.50. The van der Waals surface area contributed by atoms with Crippen LogP contribution in [0, 0.1) is 5.82 Å². The molecule has 1 spiro atoms. The van der Waals surface area contributed by atoms with Crippen LogP contribution in [0.25, 0.3) is 0 Å². The zero-order valence-corrected chi connectivity index (χ0v) is 19.8. The summed E-state index contributed by atoms with van der Waals surface area (Å²) in [5, 5.41) is 3.30. The zero-order valence-electron chi connectivity index (χ0n) is 18.3. The molecule has 6 nitrogen and oxygen atoms in total. The van der Waals surface area contributed by atoms with Gasteiger partial charge in [-0.15, -0.1) is 11.8 Å². The van der Waals surface area contributed by atoms with Gasteiger partial charge < -0.3 is 15.0 Å². The van der Waals surface area contributed by atoms with E-state index in [0.717, 1.165) is 5.56 Å². The number of halogens is 2. The summed E-state index contributed by atoms with van der Waals surface area (Å²) in [7, 11) is 1.56. The molecule has 2 heterocycles. The molecule has 0 radical (unpaired) electrons. The average molecular weight is 498 g/mol. The number of urea groups is 1. The maximum absolute atomic E-state index is 14.1. The number of anilines is 2. The number of thioether (sulfide) groups is 1. The first-order valence-electron chi connectivity index (χ1n) is 10.7. The lowest BCUT2D eigenvalue weighted by molar-refractivity contribution is -0.123. The number of carbonyl (C=O) groups is 2. The molecule has 5 rings (SSSR count). The molecule has 1 atom stereocenters. The highest BCUT2D eigenvalue weighted by molar-refractivity contribution is 8.01. The van der Waals surface area contributed by atoms with E-state index in [1.54, 1.807) is 36.3 Å². The summed E-state index contributed by atoms with van der Waals surface area (Å²) < 4.78 is 19.1. The van der Waals surface area contributed by atoms with E-state index >= 15 is 0 Å². The smallest absolute Gasteiger partial charge is 0.323 e. The fraction of sp³-hybridized carbons (Fsp3) is 0.200. The lowest BCUT2D eigenvalue weighted by Gasteiger charge is -2.33. The van der Waals surface area contributed by atoms with Crippen LogP contribution >= 0.6 is 23.4 Å². The molecule has 34 heavy (non-hydrogen) atoms. The number of hydrogen-bond donors (Lipinski definition) is 1. The van der Waals surface area contributed by atoms with E-state index in [9.17, 15) is 14.0 Å². The van der Waals surface area contributed by atoms with Gasteiger partial charge in [0, 0.05) is 28.6 Å². The molecule has 3 amide bonds. The first kappa shape index (κ1) is 22.6. The zero-order chi connectivity index (χ0) is 23.9. The number of nitrogens with zero attached hydrogens (tertiary/aromatic N) is 2. The number of rotatable bonds is 4. The summed E-state index contributed by atoms with van der Waals surface area (Å²) in [5.74, 6) is 0.469. The van der Waals surface area contributed by atoms with E-state index < -0.39 is 16.7 Å². The van der Waals surface area contributed by atoms with Gasteiger partial charge in [-0.3, -0.25) is 9.69 Å². The third-order valence-corrected chi connectivity index (χ3v) is 7.80. The third kappa shape index (κ3) is 3.67. The number of ether oxygens (including phenoxy) is 1. The van der Waals surface area contributed by atoms with Crippen molar-refractivity contribution in [2.24, 2.45) is 0 Å². The van der Waals surface area contributed by atoms with Crippen molar-refractivity contribution in [3.63, 3.8) is 0 Å². The van der Waals surface area contributed by atoms with Crippen molar-refractivity contribution < 1.29 is 18.7 Å². The predicted octanol–water partition coefficient (Wildman–Crippen LogP) is 5.47. The number of amides is 3. The van der Waals surface area contributed by atoms with Crippen molar-refractivity contribution in [2.75, 3.05) is 29.6 Å². The van der Waals surface area contributed by atoms with E-state index in [2.05, 4.69) is 5.32 Å². The van der Waals surface area contributed by atoms with Gasteiger partial charge in [0.25, 0.3) is 5.91 Å². The molecule has 2 aliphatic heterocycles. The van der Waals surface area contributed by atoms with E-state index in [-0.39, 0.29) is 12.5 Å². The highest BCUT2D eigenvalue weighted by atomic mass is 35.5. The quantitative estimate of drug-likeness (QED) is 0.519. The summed E-state index contributed by atoms with van der Waals surface area (Å²) in [6, 6.07) is 18.0. The van der Waals surface area contributed by atoms with Gasteiger partial charge in [0.1, 0.15) is 11.6 Å². The lowest BCUT2D eigenvalue weighted by Crippen LogP contribution is -2.51. The van der Waals surface area contributed by atoms with Crippen LogP contribution in [0.5, 0.6) is 5.75 Å². The second-order valence-electron chi connectivity index (χ2n) is 7.95. The Bertz CT molecular complexity index is 1290. The molecular formula is C25H21ClFN3O3S. The topological polar surface area (TPSA) is 61.9 Å². The average Bonchev–Trinajstić information content (AvgIpc) is 3.37. The molecule has 1 N–H and O–H groups in total. The minimum Gasteiger partial charge on any atom is -0.497 e. The first-order chi connectivity index (χ1) is 16.4. The largest absolute Gasteiger partial charge is 0.497 e. The molecule has 9 heteroatoms. The van der Waals surface area contributed by atoms with Crippen molar-refractivity contribution in [3.8, 4) is 5.75 Å². The molecule has 0 aliphatic carbocycles. The van der Waals surface area contributed by atoms with Gasteiger partial charge in [0.05, 0.1) is 19.3 Å². The fourth-order valence-electron chi connectivity index (χ4n) is 4.43. The van der Waals surface area contributed by atoms with Crippen molar-refractivity contribution in [2.45, 2.75) is 11.4 Å². The Kier molecular flexibility index (Phi) is 5.87. The second-order valence-corrected chi connectivity index (χ2v) is 9.65. The predicted molar refractivity (Wildman–Crippen MR) is 132 cm³/mol. The fourth-order valence-corrected chi connectivity index (χ4v) is 6.08. The maximum atomic E-state index is 14.1. The highest BCUT2D eigenvalue weighted by Crippen LogP contribution is 2.55. The Labute approximate surface area is 205 Å². The normalized spacial score (nSPS) is 19.0. The van der Waals surface area contributed by atoms with Crippen LogP contribution in [0.1, 0.15) is 11.1 Å². The second kappa shape index (κ2) is 8.85. The van der Waals surface area contributed by atoms with Crippen molar-refractivity contribution in [1.29, 1.82) is 0 Å². The molecule has 174 valence electrons. The Balaban J connectivity index is 1.56. The Morgan fingerprint density at radius 2 is 2.00 bits per heavy atom.